The van der Waals surface area contributed by atoms with Crippen molar-refractivity contribution in [2.75, 3.05) is 6.61 Å². The Bertz CT molecular complexity index is 372. The molecule has 1 rings (SSSR count). The molecule has 0 radical (unpaired) electrons. The molecule has 1 aromatic heterocycles. The number of rotatable bonds is 5. The first-order valence-electron chi connectivity index (χ1n) is 5.00. The Labute approximate surface area is 104 Å². The topological polar surface area (TPSA) is 49.3 Å². The normalized spacial score (nSPS) is 12.9. The Morgan fingerprint density at radius 2 is 2.44 bits per heavy atom. The standard InChI is InChI=1S/C11H14ClNO2S/c1-2-8(7-14)13-11(15)6-4-9-3-5-10(12)16-9/h3-6,8,14H,2,7H2,1H3,(H,13,15)/b6-4+. The Balaban J connectivity index is 2.48. The minimum atomic E-state index is -0.203. The molecular formula is C11H14ClNO2S. The lowest BCUT2D eigenvalue weighted by Gasteiger charge is -2.11. The summed E-state index contributed by atoms with van der Waals surface area (Å²) in [4.78, 5) is 12.3. The van der Waals surface area contributed by atoms with Crippen LogP contribution in [0.5, 0.6) is 0 Å². The van der Waals surface area contributed by atoms with E-state index in [4.69, 9.17) is 16.7 Å². The van der Waals surface area contributed by atoms with Gasteiger partial charge >= 0.3 is 0 Å². The van der Waals surface area contributed by atoms with Crippen molar-refractivity contribution in [3.63, 3.8) is 0 Å². The van der Waals surface area contributed by atoms with E-state index >= 15 is 0 Å². The molecular weight excluding hydrogens is 246 g/mol. The van der Waals surface area contributed by atoms with Gasteiger partial charge in [0, 0.05) is 11.0 Å². The van der Waals surface area contributed by atoms with Crippen molar-refractivity contribution in [2.45, 2.75) is 19.4 Å². The van der Waals surface area contributed by atoms with Crippen LogP contribution >= 0.6 is 22.9 Å². The van der Waals surface area contributed by atoms with Crippen molar-refractivity contribution in [3.8, 4) is 0 Å². The molecule has 0 aliphatic heterocycles. The van der Waals surface area contributed by atoms with Crippen LogP contribution in [0.2, 0.25) is 4.34 Å². The van der Waals surface area contributed by atoms with E-state index in [0.29, 0.717) is 10.8 Å². The summed E-state index contributed by atoms with van der Waals surface area (Å²) >= 11 is 7.17. The molecule has 3 nitrogen and oxygen atoms in total. The number of hydrogen-bond acceptors (Lipinski definition) is 3. The first kappa shape index (κ1) is 13.2. The third-order valence-corrected chi connectivity index (χ3v) is 3.25. The molecule has 1 amide bonds. The SMILES string of the molecule is CCC(CO)NC(=O)/C=C/c1ccc(Cl)s1. The van der Waals surface area contributed by atoms with E-state index in [1.807, 2.05) is 13.0 Å². The van der Waals surface area contributed by atoms with Crippen LogP contribution in [-0.4, -0.2) is 23.7 Å². The highest BCUT2D eigenvalue weighted by atomic mass is 35.5. The number of carbonyl (C=O) groups is 1. The number of hydrogen-bond donors (Lipinski definition) is 2. The molecule has 2 N–H and O–H groups in total. The lowest BCUT2D eigenvalue weighted by atomic mass is 10.2. The molecule has 16 heavy (non-hydrogen) atoms. The van der Waals surface area contributed by atoms with Gasteiger partial charge in [-0.2, -0.15) is 0 Å². The minimum Gasteiger partial charge on any atom is -0.394 e. The fraction of sp³-hybridized carbons (Fsp3) is 0.364. The van der Waals surface area contributed by atoms with Crippen LogP contribution in [0.25, 0.3) is 6.08 Å². The maximum Gasteiger partial charge on any atom is 0.244 e. The predicted octanol–water partition coefficient (Wildman–Crippen LogP) is 2.30. The molecule has 0 spiro atoms. The second-order valence-corrected chi connectivity index (χ2v) is 5.02. The molecule has 0 aliphatic carbocycles. The van der Waals surface area contributed by atoms with Gasteiger partial charge in [-0.25, -0.2) is 0 Å². The highest BCUT2D eigenvalue weighted by Gasteiger charge is 2.05. The lowest BCUT2D eigenvalue weighted by molar-refractivity contribution is -0.117. The smallest absolute Gasteiger partial charge is 0.244 e. The zero-order valence-corrected chi connectivity index (χ0v) is 10.5. The maximum atomic E-state index is 11.4. The molecule has 0 aliphatic rings. The quantitative estimate of drug-likeness (QED) is 0.798. The van der Waals surface area contributed by atoms with E-state index < -0.39 is 0 Å². The van der Waals surface area contributed by atoms with E-state index in [-0.39, 0.29) is 18.6 Å². The summed E-state index contributed by atoms with van der Waals surface area (Å²) in [7, 11) is 0. The Morgan fingerprint density at radius 1 is 1.69 bits per heavy atom. The van der Waals surface area contributed by atoms with Crippen LogP contribution in [0.4, 0.5) is 0 Å². The van der Waals surface area contributed by atoms with Crippen molar-refractivity contribution in [1.29, 1.82) is 0 Å². The van der Waals surface area contributed by atoms with Crippen LogP contribution in [-0.2, 0) is 4.79 Å². The van der Waals surface area contributed by atoms with Gasteiger partial charge in [0.25, 0.3) is 0 Å². The number of nitrogens with one attached hydrogen (secondary N) is 1. The molecule has 0 saturated carbocycles. The first-order valence-corrected chi connectivity index (χ1v) is 6.20. The van der Waals surface area contributed by atoms with Crippen LogP contribution < -0.4 is 5.32 Å². The molecule has 1 atom stereocenters. The van der Waals surface area contributed by atoms with E-state index in [0.717, 1.165) is 4.88 Å². The van der Waals surface area contributed by atoms with Crippen LogP contribution in [0.15, 0.2) is 18.2 Å². The molecule has 1 heterocycles. The van der Waals surface area contributed by atoms with Crippen molar-refractivity contribution in [2.24, 2.45) is 0 Å². The molecule has 0 saturated heterocycles. The minimum absolute atomic E-state index is 0.0408. The number of amides is 1. The zero-order valence-electron chi connectivity index (χ0n) is 8.94. The van der Waals surface area contributed by atoms with Gasteiger partial charge in [0.05, 0.1) is 17.0 Å². The van der Waals surface area contributed by atoms with E-state index in [2.05, 4.69) is 5.32 Å². The Hall–Kier alpha value is -0.840. The summed E-state index contributed by atoms with van der Waals surface area (Å²) in [6.45, 7) is 1.87. The average Bonchev–Trinajstić information content (AvgIpc) is 2.69. The second-order valence-electron chi connectivity index (χ2n) is 3.27. The number of halogens is 1. The molecule has 5 heteroatoms. The van der Waals surface area contributed by atoms with Gasteiger partial charge < -0.3 is 10.4 Å². The summed E-state index contributed by atoms with van der Waals surface area (Å²) in [6, 6.07) is 3.45. The van der Waals surface area contributed by atoms with Gasteiger partial charge in [0.2, 0.25) is 5.91 Å². The van der Waals surface area contributed by atoms with Crippen LogP contribution in [0.3, 0.4) is 0 Å². The largest absolute Gasteiger partial charge is 0.394 e. The third-order valence-electron chi connectivity index (χ3n) is 2.05. The molecule has 0 bridgehead atoms. The average molecular weight is 260 g/mol. The number of aliphatic hydroxyl groups is 1. The van der Waals surface area contributed by atoms with E-state index in [1.165, 1.54) is 17.4 Å². The van der Waals surface area contributed by atoms with Crippen molar-refractivity contribution in [3.05, 3.63) is 27.4 Å². The summed E-state index contributed by atoms with van der Waals surface area (Å²) in [5.74, 6) is -0.203. The third kappa shape index (κ3) is 4.35. The highest BCUT2D eigenvalue weighted by molar-refractivity contribution is 7.17. The number of carbonyl (C=O) groups excluding carboxylic acids is 1. The van der Waals surface area contributed by atoms with Crippen molar-refractivity contribution in [1.82, 2.24) is 5.32 Å². The van der Waals surface area contributed by atoms with Crippen LogP contribution in [0, 0.1) is 0 Å². The molecule has 1 unspecified atom stereocenters. The van der Waals surface area contributed by atoms with Gasteiger partial charge in [-0.15, -0.1) is 11.3 Å². The lowest BCUT2D eigenvalue weighted by Crippen LogP contribution is -2.35. The highest BCUT2D eigenvalue weighted by Crippen LogP contribution is 2.22. The molecule has 0 aromatic carbocycles. The first-order chi connectivity index (χ1) is 7.65. The van der Waals surface area contributed by atoms with Crippen molar-refractivity contribution >= 4 is 34.9 Å². The number of thiophene rings is 1. The van der Waals surface area contributed by atoms with Crippen molar-refractivity contribution < 1.29 is 9.90 Å². The summed E-state index contributed by atoms with van der Waals surface area (Å²) in [5, 5.41) is 11.6. The van der Waals surface area contributed by atoms with Gasteiger partial charge in [-0.05, 0) is 24.6 Å². The van der Waals surface area contributed by atoms with Gasteiger partial charge in [0.15, 0.2) is 0 Å². The number of aliphatic hydroxyl groups excluding tert-OH is 1. The van der Waals surface area contributed by atoms with E-state index in [1.54, 1.807) is 12.1 Å². The molecule has 0 fully saturated rings. The summed E-state index contributed by atoms with van der Waals surface area (Å²) in [5.41, 5.74) is 0. The second kappa shape index (κ2) is 6.68. The molecule has 88 valence electrons. The fourth-order valence-electron chi connectivity index (χ4n) is 1.10. The fourth-order valence-corrected chi connectivity index (χ4v) is 2.07. The van der Waals surface area contributed by atoms with Gasteiger partial charge in [-0.3, -0.25) is 4.79 Å². The summed E-state index contributed by atoms with van der Waals surface area (Å²) in [6.07, 6.45) is 3.86. The Kier molecular flexibility index (Phi) is 5.52. The molecule has 1 aromatic rings. The Morgan fingerprint density at radius 3 is 2.94 bits per heavy atom. The predicted molar refractivity (Wildman–Crippen MR) is 67.7 cm³/mol. The van der Waals surface area contributed by atoms with E-state index in [9.17, 15) is 4.79 Å². The zero-order chi connectivity index (χ0) is 12.0. The monoisotopic (exact) mass is 259 g/mol. The van der Waals surface area contributed by atoms with Crippen LogP contribution in [0.1, 0.15) is 18.2 Å². The maximum absolute atomic E-state index is 11.4. The summed E-state index contributed by atoms with van der Waals surface area (Å²) < 4.78 is 0.696. The van der Waals surface area contributed by atoms with Gasteiger partial charge in [-0.1, -0.05) is 18.5 Å². The van der Waals surface area contributed by atoms with Gasteiger partial charge in [0.1, 0.15) is 0 Å².